The molecule has 7 nitrogen and oxygen atoms in total. The van der Waals surface area contributed by atoms with Crippen molar-refractivity contribution in [3.05, 3.63) is 35.3 Å². The number of carbonyl (C=O) groups is 2. The van der Waals surface area contributed by atoms with Gasteiger partial charge in [0.25, 0.3) is 5.91 Å². The Bertz CT molecular complexity index is 810. The molecular weight excluding hydrogens is 368 g/mol. The minimum absolute atomic E-state index is 0.101. The SMILES string of the molecule is CC(C)Oc1ccc(-c2nc(C(=O)NC3(CC(=O)O)CCOC3)cs2)cc1. The number of carboxylic acid groups (broad SMARTS) is 1. The molecule has 1 saturated heterocycles. The average molecular weight is 390 g/mol. The molecule has 1 fully saturated rings. The first-order valence-electron chi connectivity index (χ1n) is 8.72. The van der Waals surface area contributed by atoms with Gasteiger partial charge < -0.3 is 19.9 Å². The third-order valence-corrected chi connectivity index (χ3v) is 5.07. The van der Waals surface area contributed by atoms with E-state index in [2.05, 4.69) is 10.3 Å². The normalized spacial score (nSPS) is 19.2. The fourth-order valence-electron chi connectivity index (χ4n) is 2.94. The molecule has 2 aromatic rings. The number of benzene rings is 1. The van der Waals surface area contributed by atoms with Gasteiger partial charge in [0, 0.05) is 17.6 Å². The van der Waals surface area contributed by atoms with Crippen molar-refractivity contribution in [2.45, 2.75) is 38.3 Å². The maximum absolute atomic E-state index is 12.6. The highest BCUT2D eigenvalue weighted by molar-refractivity contribution is 7.13. The van der Waals surface area contributed by atoms with Crippen molar-refractivity contribution in [2.75, 3.05) is 13.2 Å². The smallest absolute Gasteiger partial charge is 0.305 e. The van der Waals surface area contributed by atoms with Crippen LogP contribution in [0.15, 0.2) is 29.6 Å². The lowest BCUT2D eigenvalue weighted by molar-refractivity contribution is -0.138. The first kappa shape index (κ1) is 19.3. The van der Waals surface area contributed by atoms with Crippen LogP contribution in [0.4, 0.5) is 0 Å². The number of hydrogen-bond acceptors (Lipinski definition) is 6. The first-order chi connectivity index (χ1) is 12.9. The molecule has 1 aliphatic rings. The van der Waals surface area contributed by atoms with Crippen molar-refractivity contribution in [2.24, 2.45) is 0 Å². The predicted molar refractivity (Wildman–Crippen MR) is 101 cm³/mol. The van der Waals surface area contributed by atoms with Crippen LogP contribution in [0.2, 0.25) is 0 Å². The van der Waals surface area contributed by atoms with E-state index in [4.69, 9.17) is 14.6 Å². The number of thiazole rings is 1. The highest BCUT2D eigenvalue weighted by Gasteiger charge is 2.39. The average Bonchev–Trinajstić information content (AvgIpc) is 3.24. The molecule has 1 amide bonds. The van der Waals surface area contributed by atoms with Crippen LogP contribution in [0.5, 0.6) is 5.75 Å². The predicted octanol–water partition coefficient (Wildman–Crippen LogP) is 2.96. The van der Waals surface area contributed by atoms with Gasteiger partial charge in [-0.05, 0) is 44.5 Å². The Morgan fingerprint density at radius 2 is 2.11 bits per heavy atom. The van der Waals surface area contributed by atoms with E-state index in [9.17, 15) is 9.59 Å². The third-order valence-electron chi connectivity index (χ3n) is 4.18. The Hall–Kier alpha value is -2.45. The fourth-order valence-corrected chi connectivity index (χ4v) is 3.75. The van der Waals surface area contributed by atoms with Crippen LogP contribution in [0.3, 0.4) is 0 Å². The van der Waals surface area contributed by atoms with Crippen molar-refractivity contribution in [3.8, 4) is 16.3 Å². The Kier molecular flexibility index (Phi) is 5.76. The second-order valence-electron chi connectivity index (χ2n) is 6.84. The Balaban J connectivity index is 1.71. The molecule has 0 spiro atoms. The van der Waals surface area contributed by atoms with Gasteiger partial charge in [0.05, 0.1) is 24.7 Å². The molecule has 0 aliphatic carbocycles. The molecule has 1 unspecified atom stereocenters. The molecule has 0 radical (unpaired) electrons. The van der Waals surface area contributed by atoms with E-state index in [0.29, 0.717) is 18.0 Å². The topological polar surface area (TPSA) is 97.8 Å². The van der Waals surface area contributed by atoms with Crippen LogP contribution in [0, 0.1) is 0 Å². The number of nitrogens with one attached hydrogen (secondary N) is 1. The third kappa shape index (κ3) is 4.84. The molecular formula is C19H22N2O5S. The van der Waals surface area contributed by atoms with Gasteiger partial charge in [0.2, 0.25) is 0 Å². The van der Waals surface area contributed by atoms with E-state index in [-0.39, 0.29) is 30.7 Å². The van der Waals surface area contributed by atoms with E-state index in [1.807, 2.05) is 38.1 Å². The molecule has 1 aromatic heterocycles. The summed E-state index contributed by atoms with van der Waals surface area (Å²) in [5, 5.41) is 14.3. The van der Waals surface area contributed by atoms with Crippen molar-refractivity contribution >= 4 is 23.2 Å². The number of aliphatic carboxylic acids is 1. The van der Waals surface area contributed by atoms with Crippen molar-refractivity contribution in [1.82, 2.24) is 10.3 Å². The molecule has 0 saturated carbocycles. The summed E-state index contributed by atoms with van der Waals surface area (Å²) in [7, 11) is 0. The highest BCUT2D eigenvalue weighted by atomic mass is 32.1. The van der Waals surface area contributed by atoms with Gasteiger partial charge in [-0.25, -0.2) is 4.98 Å². The minimum Gasteiger partial charge on any atom is -0.491 e. The van der Waals surface area contributed by atoms with Crippen molar-refractivity contribution in [3.63, 3.8) is 0 Å². The quantitative estimate of drug-likeness (QED) is 0.754. The van der Waals surface area contributed by atoms with E-state index < -0.39 is 11.5 Å². The standard InChI is InChI=1S/C19H22N2O5S/c1-12(2)26-14-5-3-13(4-6-14)18-20-15(10-27-18)17(24)21-19(9-16(22)23)7-8-25-11-19/h3-6,10,12H,7-9,11H2,1-2H3,(H,21,24)(H,22,23). The minimum atomic E-state index is -0.969. The number of aromatic nitrogens is 1. The van der Waals surface area contributed by atoms with Gasteiger partial charge in [-0.3, -0.25) is 9.59 Å². The summed E-state index contributed by atoms with van der Waals surface area (Å²) >= 11 is 1.36. The van der Waals surface area contributed by atoms with Gasteiger partial charge in [0.1, 0.15) is 16.5 Å². The molecule has 144 valence electrons. The summed E-state index contributed by atoms with van der Waals surface area (Å²) in [5.41, 5.74) is 0.288. The summed E-state index contributed by atoms with van der Waals surface area (Å²) in [5.74, 6) is -0.576. The number of nitrogens with zero attached hydrogens (tertiary/aromatic N) is 1. The van der Waals surface area contributed by atoms with Gasteiger partial charge in [-0.1, -0.05) is 0 Å². The van der Waals surface area contributed by atoms with E-state index in [1.165, 1.54) is 11.3 Å². The maximum Gasteiger partial charge on any atom is 0.305 e. The Morgan fingerprint density at radius 3 is 2.70 bits per heavy atom. The summed E-state index contributed by atoms with van der Waals surface area (Å²) in [4.78, 5) is 28.1. The second-order valence-corrected chi connectivity index (χ2v) is 7.69. The van der Waals surface area contributed by atoms with Crippen LogP contribution in [0.25, 0.3) is 10.6 Å². The summed E-state index contributed by atoms with van der Waals surface area (Å²) in [6.07, 6.45) is 0.399. The monoisotopic (exact) mass is 390 g/mol. The Morgan fingerprint density at radius 1 is 1.37 bits per heavy atom. The molecule has 1 aromatic carbocycles. The summed E-state index contributed by atoms with van der Waals surface area (Å²) in [6.45, 7) is 4.55. The lowest BCUT2D eigenvalue weighted by Gasteiger charge is -2.26. The van der Waals surface area contributed by atoms with E-state index in [1.54, 1.807) is 5.38 Å². The number of ether oxygens (including phenoxy) is 2. The zero-order valence-electron chi connectivity index (χ0n) is 15.2. The zero-order chi connectivity index (χ0) is 19.4. The van der Waals surface area contributed by atoms with Crippen LogP contribution >= 0.6 is 11.3 Å². The molecule has 2 N–H and O–H groups in total. The second kappa shape index (κ2) is 8.06. The Labute approximate surface area is 161 Å². The van der Waals surface area contributed by atoms with E-state index >= 15 is 0 Å². The van der Waals surface area contributed by atoms with Gasteiger partial charge >= 0.3 is 5.97 Å². The fraction of sp³-hybridized carbons (Fsp3) is 0.421. The molecule has 1 aliphatic heterocycles. The maximum atomic E-state index is 12.6. The summed E-state index contributed by atoms with van der Waals surface area (Å²) < 4.78 is 10.9. The lowest BCUT2D eigenvalue weighted by atomic mass is 9.94. The molecule has 0 bridgehead atoms. The van der Waals surface area contributed by atoms with Gasteiger partial charge in [-0.15, -0.1) is 11.3 Å². The molecule has 2 heterocycles. The lowest BCUT2D eigenvalue weighted by Crippen LogP contribution is -2.50. The summed E-state index contributed by atoms with van der Waals surface area (Å²) in [6, 6.07) is 7.53. The van der Waals surface area contributed by atoms with Crippen molar-refractivity contribution < 1.29 is 24.2 Å². The number of carboxylic acids is 1. The first-order valence-corrected chi connectivity index (χ1v) is 9.59. The molecule has 3 rings (SSSR count). The van der Waals surface area contributed by atoms with Gasteiger partial charge in [0.15, 0.2) is 0 Å². The van der Waals surface area contributed by atoms with Crippen LogP contribution in [0.1, 0.15) is 37.2 Å². The number of hydrogen-bond donors (Lipinski definition) is 2. The number of amides is 1. The van der Waals surface area contributed by atoms with Crippen LogP contribution in [-0.4, -0.2) is 46.8 Å². The number of rotatable bonds is 7. The largest absolute Gasteiger partial charge is 0.491 e. The van der Waals surface area contributed by atoms with Gasteiger partial charge in [-0.2, -0.15) is 0 Å². The van der Waals surface area contributed by atoms with Crippen LogP contribution < -0.4 is 10.1 Å². The van der Waals surface area contributed by atoms with E-state index in [0.717, 1.165) is 11.3 Å². The molecule has 1 atom stereocenters. The molecule has 27 heavy (non-hydrogen) atoms. The zero-order valence-corrected chi connectivity index (χ0v) is 16.0. The van der Waals surface area contributed by atoms with Crippen LogP contribution in [-0.2, 0) is 9.53 Å². The number of carbonyl (C=O) groups excluding carboxylic acids is 1. The molecule has 8 heteroatoms. The van der Waals surface area contributed by atoms with Crippen molar-refractivity contribution in [1.29, 1.82) is 0 Å². The highest BCUT2D eigenvalue weighted by Crippen LogP contribution is 2.27.